The molecule has 1 aliphatic heterocycles. The highest BCUT2D eigenvalue weighted by Gasteiger charge is 2.28. The molecular formula is C16H21N3O2. The number of likely N-dealkylation sites (tertiary alicyclic amines) is 1. The van der Waals surface area contributed by atoms with Crippen LogP contribution in [0.25, 0.3) is 11.1 Å². The molecule has 2 aromatic heterocycles. The van der Waals surface area contributed by atoms with E-state index in [-0.39, 0.29) is 5.91 Å². The van der Waals surface area contributed by atoms with Crippen molar-refractivity contribution in [1.29, 1.82) is 0 Å². The Morgan fingerprint density at radius 1 is 1.43 bits per heavy atom. The van der Waals surface area contributed by atoms with Crippen LogP contribution >= 0.6 is 0 Å². The molecule has 0 bridgehead atoms. The summed E-state index contributed by atoms with van der Waals surface area (Å²) in [5.41, 5.74) is 2.65. The summed E-state index contributed by atoms with van der Waals surface area (Å²) in [6.45, 7) is 6.72. The number of pyridine rings is 1. The van der Waals surface area contributed by atoms with Crippen molar-refractivity contribution in [2.75, 3.05) is 6.54 Å². The van der Waals surface area contributed by atoms with Crippen molar-refractivity contribution in [2.24, 2.45) is 0 Å². The van der Waals surface area contributed by atoms with Crippen molar-refractivity contribution in [2.45, 2.75) is 52.5 Å². The van der Waals surface area contributed by atoms with E-state index in [0.29, 0.717) is 17.3 Å². The summed E-state index contributed by atoms with van der Waals surface area (Å²) < 4.78 is 5.23. The fourth-order valence-electron chi connectivity index (χ4n) is 3.23. The van der Waals surface area contributed by atoms with Crippen LogP contribution in [0, 0.1) is 13.8 Å². The summed E-state index contributed by atoms with van der Waals surface area (Å²) in [5.74, 6) is 0.0864. The summed E-state index contributed by atoms with van der Waals surface area (Å²) in [6, 6.07) is 2.20. The number of carbonyl (C=O) groups excluding carboxylic acids is 1. The van der Waals surface area contributed by atoms with Crippen LogP contribution in [0.4, 0.5) is 0 Å². The van der Waals surface area contributed by atoms with E-state index in [1.54, 1.807) is 0 Å². The van der Waals surface area contributed by atoms with E-state index in [0.717, 1.165) is 42.6 Å². The molecular weight excluding hydrogens is 266 g/mol. The van der Waals surface area contributed by atoms with Crippen LogP contribution in [0.15, 0.2) is 10.6 Å². The van der Waals surface area contributed by atoms with Gasteiger partial charge in [0.2, 0.25) is 0 Å². The molecule has 1 unspecified atom stereocenters. The molecule has 0 radical (unpaired) electrons. The molecule has 2 aromatic rings. The highest BCUT2D eigenvalue weighted by molar-refractivity contribution is 6.06. The van der Waals surface area contributed by atoms with Gasteiger partial charge in [-0.1, -0.05) is 12.1 Å². The Labute approximate surface area is 124 Å². The average molecular weight is 287 g/mol. The third-order valence-corrected chi connectivity index (χ3v) is 4.33. The Morgan fingerprint density at radius 2 is 2.24 bits per heavy atom. The van der Waals surface area contributed by atoms with Crippen LogP contribution in [-0.2, 0) is 0 Å². The maximum absolute atomic E-state index is 13.0. The molecule has 3 heterocycles. The van der Waals surface area contributed by atoms with E-state index in [1.165, 1.54) is 6.42 Å². The van der Waals surface area contributed by atoms with E-state index >= 15 is 0 Å². The number of hydrogen-bond donors (Lipinski definition) is 0. The van der Waals surface area contributed by atoms with Crippen LogP contribution in [0.1, 0.15) is 54.4 Å². The van der Waals surface area contributed by atoms with Crippen LogP contribution < -0.4 is 0 Å². The highest BCUT2D eigenvalue weighted by Crippen LogP contribution is 2.27. The quantitative estimate of drug-likeness (QED) is 0.850. The molecule has 5 nitrogen and oxygen atoms in total. The van der Waals surface area contributed by atoms with Gasteiger partial charge < -0.3 is 9.42 Å². The molecule has 1 saturated heterocycles. The van der Waals surface area contributed by atoms with Crippen LogP contribution in [0.5, 0.6) is 0 Å². The molecule has 112 valence electrons. The Morgan fingerprint density at radius 3 is 3.00 bits per heavy atom. The lowest BCUT2D eigenvalue weighted by atomic mass is 9.98. The van der Waals surface area contributed by atoms with Crippen LogP contribution in [0.2, 0.25) is 0 Å². The van der Waals surface area contributed by atoms with Gasteiger partial charge in [-0.15, -0.1) is 0 Å². The number of carbonyl (C=O) groups is 1. The van der Waals surface area contributed by atoms with Crippen molar-refractivity contribution >= 4 is 17.0 Å². The SMILES string of the molecule is CCC1CCCCN1C(=O)c1cc(C)nc2onc(C)c12. The zero-order valence-electron chi connectivity index (χ0n) is 12.8. The van der Waals surface area contributed by atoms with Gasteiger partial charge in [0.15, 0.2) is 0 Å². The minimum atomic E-state index is 0.0864. The largest absolute Gasteiger partial charge is 0.336 e. The van der Waals surface area contributed by atoms with Gasteiger partial charge in [0, 0.05) is 18.3 Å². The summed E-state index contributed by atoms with van der Waals surface area (Å²) in [6.07, 6.45) is 4.39. The molecule has 0 N–H and O–H groups in total. The van der Waals surface area contributed by atoms with Crippen LogP contribution in [-0.4, -0.2) is 33.5 Å². The predicted molar refractivity (Wildman–Crippen MR) is 80.2 cm³/mol. The van der Waals surface area contributed by atoms with E-state index < -0.39 is 0 Å². The standard InChI is InChI=1S/C16H21N3O2/c1-4-12-7-5-6-8-19(12)16(20)13-9-10(2)17-15-14(13)11(3)18-21-15/h9,12H,4-8H2,1-3H3. The lowest BCUT2D eigenvalue weighted by molar-refractivity contribution is 0.0610. The lowest BCUT2D eigenvalue weighted by Gasteiger charge is -2.35. The molecule has 0 aliphatic carbocycles. The second-order valence-electron chi connectivity index (χ2n) is 5.82. The third-order valence-electron chi connectivity index (χ3n) is 4.33. The Bertz CT molecular complexity index is 677. The monoisotopic (exact) mass is 287 g/mol. The van der Waals surface area contributed by atoms with E-state index in [9.17, 15) is 4.79 Å². The predicted octanol–water partition coefficient (Wildman–Crippen LogP) is 3.24. The van der Waals surface area contributed by atoms with Crippen molar-refractivity contribution < 1.29 is 9.32 Å². The first-order chi connectivity index (χ1) is 10.1. The number of aryl methyl sites for hydroxylation is 2. The van der Waals surface area contributed by atoms with Crippen molar-refractivity contribution in [3.63, 3.8) is 0 Å². The molecule has 1 aliphatic rings. The second kappa shape index (κ2) is 5.47. The number of amides is 1. The van der Waals surface area contributed by atoms with E-state index in [4.69, 9.17) is 4.52 Å². The Hall–Kier alpha value is -1.91. The second-order valence-corrected chi connectivity index (χ2v) is 5.82. The normalized spacial score (nSPS) is 19.2. The van der Waals surface area contributed by atoms with Gasteiger partial charge >= 0.3 is 0 Å². The zero-order chi connectivity index (χ0) is 15.0. The Balaban J connectivity index is 2.06. The molecule has 21 heavy (non-hydrogen) atoms. The van der Waals surface area contributed by atoms with Gasteiger partial charge in [-0.3, -0.25) is 4.79 Å². The zero-order valence-corrected chi connectivity index (χ0v) is 12.8. The van der Waals surface area contributed by atoms with Crippen molar-refractivity contribution in [1.82, 2.24) is 15.0 Å². The maximum Gasteiger partial charge on any atom is 0.258 e. The van der Waals surface area contributed by atoms with E-state index in [2.05, 4.69) is 17.1 Å². The first-order valence-electron chi connectivity index (χ1n) is 7.66. The summed E-state index contributed by atoms with van der Waals surface area (Å²) >= 11 is 0. The number of hydrogen-bond acceptors (Lipinski definition) is 4. The van der Waals surface area contributed by atoms with Gasteiger partial charge in [-0.25, -0.2) is 4.98 Å². The number of rotatable bonds is 2. The minimum absolute atomic E-state index is 0.0864. The number of piperidine rings is 1. The molecule has 0 aromatic carbocycles. The topological polar surface area (TPSA) is 59.2 Å². The van der Waals surface area contributed by atoms with Gasteiger partial charge in [0.25, 0.3) is 11.6 Å². The average Bonchev–Trinajstić information content (AvgIpc) is 2.86. The minimum Gasteiger partial charge on any atom is -0.336 e. The smallest absolute Gasteiger partial charge is 0.258 e. The summed E-state index contributed by atoms with van der Waals surface area (Å²) in [5, 5.41) is 4.71. The lowest BCUT2D eigenvalue weighted by Crippen LogP contribution is -2.43. The van der Waals surface area contributed by atoms with Crippen molar-refractivity contribution in [3.8, 4) is 0 Å². The highest BCUT2D eigenvalue weighted by atomic mass is 16.5. The number of aromatic nitrogens is 2. The fraction of sp³-hybridized carbons (Fsp3) is 0.562. The van der Waals surface area contributed by atoms with Gasteiger partial charge in [0.1, 0.15) is 0 Å². The van der Waals surface area contributed by atoms with E-state index in [1.807, 2.05) is 24.8 Å². The summed E-state index contributed by atoms with van der Waals surface area (Å²) in [4.78, 5) is 19.4. The molecule has 1 atom stereocenters. The molecule has 1 amide bonds. The fourth-order valence-corrected chi connectivity index (χ4v) is 3.23. The van der Waals surface area contributed by atoms with Crippen molar-refractivity contribution in [3.05, 3.63) is 23.0 Å². The number of fused-ring (bicyclic) bond motifs is 1. The van der Waals surface area contributed by atoms with Gasteiger partial charge in [-0.05, 0) is 45.6 Å². The van der Waals surface area contributed by atoms with Gasteiger partial charge in [-0.2, -0.15) is 0 Å². The van der Waals surface area contributed by atoms with Crippen LogP contribution in [0.3, 0.4) is 0 Å². The first-order valence-corrected chi connectivity index (χ1v) is 7.66. The first kappa shape index (κ1) is 14.0. The van der Waals surface area contributed by atoms with Gasteiger partial charge in [0.05, 0.1) is 16.6 Å². The maximum atomic E-state index is 13.0. The molecule has 5 heteroatoms. The molecule has 0 spiro atoms. The third kappa shape index (κ3) is 2.41. The molecule has 3 rings (SSSR count). The Kier molecular flexibility index (Phi) is 3.66. The summed E-state index contributed by atoms with van der Waals surface area (Å²) in [7, 11) is 0. The number of nitrogens with zero attached hydrogens (tertiary/aromatic N) is 3. The molecule has 0 saturated carbocycles. The molecule has 1 fully saturated rings.